The second kappa shape index (κ2) is 5.28. The molecule has 20 heavy (non-hydrogen) atoms. The van der Waals surface area contributed by atoms with Crippen molar-refractivity contribution in [2.24, 2.45) is 5.73 Å². The van der Waals surface area contributed by atoms with Crippen LogP contribution in [-0.2, 0) is 11.2 Å². The number of nitrogens with zero attached hydrogens (tertiary/aromatic N) is 2. The lowest BCUT2D eigenvalue weighted by atomic mass is 9.87. The Morgan fingerprint density at radius 1 is 1.25 bits per heavy atom. The molecule has 1 unspecified atom stereocenters. The van der Waals surface area contributed by atoms with E-state index in [2.05, 4.69) is 16.0 Å². The van der Waals surface area contributed by atoms with Crippen LogP contribution in [0.3, 0.4) is 0 Å². The molecule has 1 aliphatic carbocycles. The predicted octanol–water partition coefficient (Wildman–Crippen LogP) is 2.62. The van der Waals surface area contributed by atoms with Gasteiger partial charge in [-0.15, -0.1) is 0 Å². The van der Waals surface area contributed by atoms with Gasteiger partial charge in [0.1, 0.15) is 12.4 Å². The number of fused-ring (bicyclic) bond motifs is 1. The second-order valence-corrected chi connectivity index (χ2v) is 4.86. The zero-order chi connectivity index (χ0) is 13.9. The standard InChI is InChI=1S/C15H15N3O2/c16-15(19)20-14-3-1-2-11-6-10(4-5-13(11)14)12-7-17-9-18-8-12/h4-9,14H,1-3H2,(H2,16,19). The largest absolute Gasteiger partial charge is 0.442 e. The highest BCUT2D eigenvalue weighted by Crippen LogP contribution is 2.34. The summed E-state index contributed by atoms with van der Waals surface area (Å²) in [4.78, 5) is 19.0. The van der Waals surface area contributed by atoms with Crippen molar-refractivity contribution >= 4 is 6.09 Å². The molecule has 3 rings (SSSR count). The van der Waals surface area contributed by atoms with Crippen molar-refractivity contribution in [3.63, 3.8) is 0 Å². The fraction of sp³-hybridized carbons (Fsp3) is 0.267. The molecule has 2 aromatic rings. The van der Waals surface area contributed by atoms with Gasteiger partial charge in [-0.05, 0) is 36.0 Å². The molecule has 0 saturated heterocycles. The van der Waals surface area contributed by atoms with Crippen LogP contribution < -0.4 is 5.73 Å². The van der Waals surface area contributed by atoms with Gasteiger partial charge in [0.05, 0.1) is 0 Å². The Hall–Kier alpha value is -2.43. The number of carbonyl (C=O) groups is 1. The van der Waals surface area contributed by atoms with Crippen molar-refractivity contribution in [2.75, 3.05) is 0 Å². The van der Waals surface area contributed by atoms with Gasteiger partial charge in [-0.25, -0.2) is 14.8 Å². The molecule has 0 spiro atoms. The maximum atomic E-state index is 10.9. The van der Waals surface area contributed by atoms with Crippen LogP contribution in [0, 0.1) is 0 Å². The zero-order valence-corrected chi connectivity index (χ0v) is 11.0. The van der Waals surface area contributed by atoms with E-state index in [0.29, 0.717) is 0 Å². The number of carbonyl (C=O) groups excluding carboxylic acids is 1. The van der Waals surface area contributed by atoms with Gasteiger partial charge in [0.15, 0.2) is 0 Å². The lowest BCUT2D eigenvalue weighted by Crippen LogP contribution is -2.20. The van der Waals surface area contributed by atoms with Crippen molar-refractivity contribution < 1.29 is 9.53 Å². The smallest absolute Gasteiger partial charge is 0.405 e. The van der Waals surface area contributed by atoms with Gasteiger partial charge in [0.2, 0.25) is 0 Å². The fourth-order valence-corrected chi connectivity index (χ4v) is 2.66. The Morgan fingerprint density at radius 2 is 2.05 bits per heavy atom. The number of aromatic nitrogens is 2. The van der Waals surface area contributed by atoms with E-state index in [-0.39, 0.29) is 6.10 Å². The summed E-state index contributed by atoms with van der Waals surface area (Å²) < 4.78 is 5.18. The molecule has 1 amide bonds. The Balaban J connectivity index is 1.95. The van der Waals surface area contributed by atoms with Crippen molar-refractivity contribution in [2.45, 2.75) is 25.4 Å². The number of nitrogens with two attached hydrogens (primary N) is 1. The Morgan fingerprint density at radius 3 is 2.80 bits per heavy atom. The second-order valence-electron chi connectivity index (χ2n) is 4.86. The number of ether oxygens (including phenoxy) is 1. The predicted molar refractivity (Wildman–Crippen MR) is 73.8 cm³/mol. The van der Waals surface area contributed by atoms with Crippen LogP contribution in [0.2, 0.25) is 0 Å². The van der Waals surface area contributed by atoms with E-state index < -0.39 is 6.09 Å². The quantitative estimate of drug-likeness (QED) is 0.909. The van der Waals surface area contributed by atoms with E-state index in [1.54, 1.807) is 12.4 Å². The molecular formula is C15H15N3O2. The summed E-state index contributed by atoms with van der Waals surface area (Å²) in [6.07, 6.45) is 6.93. The van der Waals surface area contributed by atoms with Gasteiger partial charge in [-0.2, -0.15) is 0 Å². The maximum Gasteiger partial charge on any atom is 0.405 e. The first-order valence-corrected chi connectivity index (χ1v) is 6.58. The van der Waals surface area contributed by atoms with Crippen LogP contribution >= 0.6 is 0 Å². The molecule has 102 valence electrons. The molecule has 0 saturated carbocycles. The Kier molecular flexibility index (Phi) is 3.33. The number of amides is 1. The minimum atomic E-state index is -0.719. The normalized spacial score (nSPS) is 17.3. The lowest BCUT2D eigenvalue weighted by molar-refractivity contribution is 0.0959. The molecule has 1 aliphatic rings. The average molecular weight is 269 g/mol. The highest BCUT2D eigenvalue weighted by atomic mass is 16.6. The summed E-state index contributed by atoms with van der Waals surface area (Å²) >= 11 is 0. The van der Waals surface area contributed by atoms with Crippen LogP contribution in [0.25, 0.3) is 11.1 Å². The Labute approximate surface area is 116 Å². The minimum Gasteiger partial charge on any atom is -0.442 e. The molecule has 1 heterocycles. The van der Waals surface area contributed by atoms with Crippen LogP contribution in [0.15, 0.2) is 36.9 Å². The monoisotopic (exact) mass is 269 g/mol. The molecule has 5 heteroatoms. The molecule has 0 fully saturated rings. The highest BCUT2D eigenvalue weighted by Gasteiger charge is 2.23. The van der Waals surface area contributed by atoms with Crippen molar-refractivity contribution in [1.29, 1.82) is 0 Å². The zero-order valence-electron chi connectivity index (χ0n) is 11.0. The minimum absolute atomic E-state index is 0.225. The van der Waals surface area contributed by atoms with Crippen LogP contribution in [0.5, 0.6) is 0 Å². The first-order chi connectivity index (χ1) is 9.74. The Bertz CT molecular complexity index is 628. The lowest BCUT2D eigenvalue weighted by Gasteiger charge is -2.25. The summed E-state index contributed by atoms with van der Waals surface area (Å²) in [6, 6.07) is 6.12. The van der Waals surface area contributed by atoms with E-state index in [9.17, 15) is 4.79 Å². The molecule has 1 aromatic carbocycles. The number of primary amides is 1. The van der Waals surface area contributed by atoms with Crippen molar-refractivity contribution in [3.05, 3.63) is 48.0 Å². The number of hydrogen-bond acceptors (Lipinski definition) is 4. The molecule has 0 radical (unpaired) electrons. The summed E-state index contributed by atoms with van der Waals surface area (Å²) in [6.45, 7) is 0. The van der Waals surface area contributed by atoms with Gasteiger partial charge < -0.3 is 10.5 Å². The summed E-state index contributed by atoms with van der Waals surface area (Å²) in [5.74, 6) is 0. The topological polar surface area (TPSA) is 78.1 Å². The van der Waals surface area contributed by atoms with Crippen LogP contribution in [-0.4, -0.2) is 16.1 Å². The summed E-state index contributed by atoms with van der Waals surface area (Å²) in [5, 5.41) is 0. The van der Waals surface area contributed by atoms with E-state index in [1.165, 1.54) is 11.9 Å². The number of benzene rings is 1. The molecule has 2 N–H and O–H groups in total. The van der Waals surface area contributed by atoms with E-state index >= 15 is 0 Å². The third-order valence-corrected chi connectivity index (χ3v) is 3.55. The molecule has 5 nitrogen and oxygen atoms in total. The number of aryl methyl sites for hydroxylation is 1. The highest BCUT2D eigenvalue weighted by molar-refractivity contribution is 5.66. The first-order valence-electron chi connectivity index (χ1n) is 6.58. The maximum absolute atomic E-state index is 10.9. The third-order valence-electron chi connectivity index (χ3n) is 3.55. The van der Waals surface area contributed by atoms with Gasteiger partial charge in [-0.1, -0.05) is 18.2 Å². The molecule has 0 bridgehead atoms. The molecule has 0 aliphatic heterocycles. The third kappa shape index (κ3) is 2.47. The first kappa shape index (κ1) is 12.6. The summed E-state index contributed by atoms with van der Waals surface area (Å²) in [7, 11) is 0. The molecule has 1 aromatic heterocycles. The van der Waals surface area contributed by atoms with Gasteiger partial charge in [0.25, 0.3) is 0 Å². The number of hydrogen-bond donors (Lipinski definition) is 1. The molecule has 1 atom stereocenters. The van der Waals surface area contributed by atoms with Gasteiger partial charge in [-0.3, -0.25) is 0 Å². The van der Waals surface area contributed by atoms with Crippen molar-refractivity contribution in [1.82, 2.24) is 9.97 Å². The van der Waals surface area contributed by atoms with Crippen molar-refractivity contribution in [3.8, 4) is 11.1 Å². The van der Waals surface area contributed by atoms with Gasteiger partial charge in [0, 0.05) is 18.0 Å². The number of rotatable bonds is 2. The SMILES string of the molecule is NC(=O)OC1CCCc2cc(-c3cncnc3)ccc21. The average Bonchev–Trinajstić information content (AvgIpc) is 2.47. The van der Waals surface area contributed by atoms with E-state index in [0.717, 1.165) is 36.0 Å². The van der Waals surface area contributed by atoms with E-state index in [1.807, 2.05) is 12.1 Å². The summed E-state index contributed by atoms with van der Waals surface area (Å²) in [5.41, 5.74) is 9.43. The van der Waals surface area contributed by atoms with Crippen LogP contribution in [0.4, 0.5) is 4.79 Å². The van der Waals surface area contributed by atoms with Gasteiger partial charge >= 0.3 is 6.09 Å². The molecular weight excluding hydrogens is 254 g/mol. The fourth-order valence-electron chi connectivity index (χ4n) is 2.66. The van der Waals surface area contributed by atoms with Crippen LogP contribution in [0.1, 0.15) is 30.1 Å². The van der Waals surface area contributed by atoms with E-state index in [4.69, 9.17) is 10.5 Å².